The minimum Gasteiger partial charge on any atom is -0.466 e. The number of esters is 1. The highest BCUT2D eigenvalue weighted by atomic mass is 35.5. The molecule has 0 spiro atoms. The third kappa shape index (κ3) is 3.98. The van der Waals surface area contributed by atoms with E-state index in [2.05, 4.69) is 0 Å². The maximum absolute atomic E-state index is 11.3. The molecule has 4 nitrogen and oxygen atoms in total. The summed E-state index contributed by atoms with van der Waals surface area (Å²) in [7, 11) is 0. The maximum atomic E-state index is 11.3. The molecule has 6 heteroatoms. The Balaban J connectivity index is 2.59. The molecule has 1 fully saturated rings. The van der Waals surface area contributed by atoms with E-state index in [1.165, 1.54) is 0 Å². The van der Waals surface area contributed by atoms with E-state index in [0.29, 0.717) is 13.0 Å². The molecular weight excluding hydrogens is 267 g/mol. The van der Waals surface area contributed by atoms with Crippen LogP contribution in [-0.4, -0.2) is 35.4 Å². The van der Waals surface area contributed by atoms with Gasteiger partial charge in [0.2, 0.25) is 0 Å². The van der Waals surface area contributed by atoms with Gasteiger partial charge in [-0.05, 0) is 27.2 Å². The van der Waals surface area contributed by atoms with Gasteiger partial charge in [-0.3, -0.25) is 4.79 Å². The topological polar surface area (TPSA) is 44.8 Å². The molecule has 1 aliphatic heterocycles. The molecule has 17 heavy (non-hydrogen) atoms. The summed E-state index contributed by atoms with van der Waals surface area (Å²) in [5.41, 5.74) is -0.834. The predicted molar refractivity (Wildman–Crippen MR) is 65.2 cm³/mol. The van der Waals surface area contributed by atoms with E-state index in [9.17, 15) is 4.79 Å². The molecule has 0 aromatic carbocycles. The first-order valence-corrected chi connectivity index (χ1v) is 6.46. The van der Waals surface area contributed by atoms with Crippen molar-refractivity contribution >= 4 is 29.2 Å². The molecule has 1 atom stereocenters. The van der Waals surface area contributed by atoms with Crippen molar-refractivity contribution in [1.82, 2.24) is 0 Å². The van der Waals surface area contributed by atoms with Crippen molar-refractivity contribution in [3.8, 4) is 0 Å². The zero-order valence-electron chi connectivity index (χ0n) is 10.3. The third-order valence-corrected chi connectivity index (χ3v) is 3.36. The van der Waals surface area contributed by atoms with Gasteiger partial charge in [0.25, 0.3) is 0 Å². The summed E-state index contributed by atoms with van der Waals surface area (Å²) in [5, 5.41) is 0. The Morgan fingerprint density at radius 1 is 1.47 bits per heavy atom. The fourth-order valence-corrected chi connectivity index (χ4v) is 2.16. The van der Waals surface area contributed by atoms with Crippen LogP contribution in [0.2, 0.25) is 0 Å². The molecule has 0 aromatic rings. The summed E-state index contributed by atoms with van der Waals surface area (Å²) >= 11 is 11.9. The van der Waals surface area contributed by atoms with Crippen LogP contribution < -0.4 is 0 Å². The molecule has 0 aliphatic carbocycles. The van der Waals surface area contributed by atoms with Crippen LogP contribution >= 0.6 is 23.2 Å². The highest BCUT2D eigenvalue weighted by Gasteiger charge is 2.49. The Kier molecular flexibility index (Phi) is 5.07. The fourth-order valence-electron chi connectivity index (χ4n) is 1.73. The van der Waals surface area contributed by atoms with E-state index in [-0.39, 0.29) is 19.0 Å². The number of carbonyl (C=O) groups is 1. The molecule has 1 saturated heterocycles. The largest absolute Gasteiger partial charge is 0.466 e. The first kappa shape index (κ1) is 15.0. The van der Waals surface area contributed by atoms with Gasteiger partial charge in [0, 0.05) is 6.42 Å². The Labute approximate surface area is 111 Å². The second kappa shape index (κ2) is 5.74. The second-order valence-electron chi connectivity index (χ2n) is 4.46. The number of ether oxygens (including phenoxy) is 3. The van der Waals surface area contributed by atoms with Crippen molar-refractivity contribution in [2.45, 2.75) is 49.8 Å². The molecule has 0 aromatic heterocycles. The lowest BCUT2D eigenvalue weighted by Gasteiger charge is -2.29. The average Bonchev–Trinajstić information content (AvgIpc) is 2.53. The Bertz CT molecular complexity index is 281. The highest BCUT2D eigenvalue weighted by Crippen LogP contribution is 2.40. The first-order valence-electron chi connectivity index (χ1n) is 5.59. The molecule has 1 rings (SSSR count). The van der Waals surface area contributed by atoms with Crippen LogP contribution in [-0.2, 0) is 19.0 Å². The molecule has 0 unspecified atom stereocenters. The predicted octanol–water partition coefficient (Wildman–Crippen LogP) is 2.66. The quantitative estimate of drug-likeness (QED) is 0.575. The van der Waals surface area contributed by atoms with Gasteiger partial charge in [0.15, 0.2) is 5.79 Å². The van der Waals surface area contributed by atoms with E-state index < -0.39 is 16.2 Å². The summed E-state index contributed by atoms with van der Waals surface area (Å²) < 4.78 is 16.1. The molecule has 0 amide bonds. The van der Waals surface area contributed by atoms with E-state index >= 15 is 0 Å². The van der Waals surface area contributed by atoms with Gasteiger partial charge in [-0.1, -0.05) is 0 Å². The average molecular weight is 285 g/mol. The molecule has 100 valence electrons. The molecule has 0 N–H and O–H groups in total. The van der Waals surface area contributed by atoms with E-state index in [1.807, 2.05) is 0 Å². The van der Waals surface area contributed by atoms with Crippen LogP contribution in [0.3, 0.4) is 0 Å². The van der Waals surface area contributed by atoms with Crippen LogP contribution in [0.5, 0.6) is 0 Å². The highest BCUT2D eigenvalue weighted by molar-refractivity contribution is 6.45. The fraction of sp³-hybridized carbons (Fsp3) is 0.909. The van der Waals surface area contributed by atoms with E-state index in [0.717, 1.165) is 0 Å². The normalized spacial score (nSPS) is 27.4. The Hall–Kier alpha value is -0.0300. The maximum Gasteiger partial charge on any atom is 0.305 e. The number of alkyl halides is 2. The zero-order chi connectivity index (χ0) is 13.1. The van der Waals surface area contributed by atoms with Crippen molar-refractivity contribution in [3.63, 3.8) is 0 Å². The first-order chi connectivity index (χ1) is 7.81. The number of carbonyl (C=O) groups excluding carboxylic acids is 1. The number of halogens is 2. The SMILES string of the molecule is CCOC(=O)CC[C@@]1(C(Cl)Cl)COC(C)(C)O1. The van der Waals surface area contributed by atoms with Crippen molar-refractivity contribution in [2.75, 3.05) is 13.2 Å². The van der Waals surface area contributed by atoms with Crippen molar-refractivity contribution in [1.29, 1.82) is 0 Å². The van der Waals surface area contributed by atoms with Crippen LogP contribution in [0.25, 0.3) is 0 Å². The lowest BCUT2D eigenvalue weighted by molar-refractivity contribution is -0.163. The van der Waals surface area contributed by atoms with Gasteiger partial charge in [-0.2, -0.15) is 0 Å². The molecule has 1 heterocycles. The number of rotatable bonds is 5. The van der Waals surface area contributed by atoms with Gasteiger partial charge in [0.1, 0.15) is 10.4 Å². The minimum atomic E-state index is -0.834. The van der Waals surface area contributed by atoms with Crippen LogP contribution in [0.1, 0.15) is 33.6 Å². The molecule has 0 radical (unpaired) electrons. The van der Waals surface area contributed by atoms with Crippen LogP contribution in [0, 0.1) is 0 Å². The van der Waals surface area contributed by atoms with Crippen molar-refractivity contribution < 1.29 is 19.0 Å². The minimum absolute atomic E-state index is 0.212. The summed E-state index contributed by atoms with van der Waals surface area (Å²) in [5.74, 6) is -1.01. The standard InChI is InChI=1S/C11H18Cl2O4/c1-4-15-8(14)5-6-11(9(12)13)7-16-10(2,3)17-11/h9H,4-7H2,1-3H3/t11-/m0/s1. The number of hydrogen-bond acceptors (Lipinski definition) is 4. The van der Waals surface area contributed by atoms with E-state index in [1.54, 1.807) is 20.8 Å². The smallest absolute Gasteiger partial charge is 0.305 e. The van der Waals surface area contributed by atoms with Crippen LogP contribution in [0.15, 0.2) is 0 Å². The summed E-state index contributed by atoms with van der Waals surface area (Å²) in [6, 6.07) is 0. The Morgan fingerprint density at radius 3 is 2.53 bits per heavy atom. The second-order valence-corrected chi connectivity index (χ2v) is 5.56. The molecular formula is C11H18Cl2O4. The lowest BCUT2D eigenvalue weighted by atomic mass is 10.0. The third-order valence-electron chi connectivity index (χ3n) is 2.57. The number of hydrogen-bond donors (Lipinski definition) is 0. The van der Waals surface area contributed by atoms with Crippen molar-refractivity contribution in [2.24, 2.45) is 0 Å². The zero-order valence-corrected chi connectivity index (χ0v) is 11.8. The molecule has 1 aliphatic rings. The summed E-state index contributed by atoms with van der Waals surface area (Å²) in [6.07, 6.45) is 0.593. The molecule has 0 bridgehead atoms. The summed E-state index contributed by atoms with van der Waals surface area (Å²) in [6.45, 7) is 5.97. The molecule has 0 saturated carbocycles. The van der Waals surface area contributed by atoms with Gasteiger partial charge in [-0.25, -0.2) is 0 Å². The monoisotopic (exact) mass is 284 g/mol. The summed E-state index contributed by atoms with van der Waals surface area (Å²) in [4.78, 5) is 10.6. The van der Waals surface area contributed by atoms with E-state index in [4.69, 9.17) is 37.4 Å². The van der Waals surface area contributed by atoms with Gasteiger partial charge in [0.05, 0.1) is 13.2 Å². The van der Waals surface area contributed by atoms with Gasteiger partial charge >= 0.3 is 5.97 Å². The van der Waals surface area contributed by atoms with Gasteiger partial charge in [-0.15, -0.1) is 23.2 Å². The van der Waals surface area contributed by atoms with Crippen molar-refractivity contribution in [3.05, 3.63) is 0 Å². The van der Waals surface area contributed by atoms with Gasteiger partial charge < -0.3 is 14.2 Å². The Morgan fingerprint density at radius 2 is 2.12 bits per heavy atom. The lowest BCUT2D eigenvalue weighted by Crippen LogP contribution is -2.41. The van der Waals surface area contributed by atoms with Crippen LogP contribution in [0.4, 0.5) is 0 Å².